The number of guanidine groups is 1. The Morgan fingerprint density at radius 1 is 1.15 bits per heavy atom. The van der Waals surface area contributed by atoms with Crippen LogP contribution in [-0.2, 0) is 6.42 Å². The number of halogens is 2. The lowest BCUT2D eigenvalue weighted by molar-refractivity contribution is 0.579. The highest BCUT2D eigenvalue weighted by Crippen LogP contribution is 2.08. The highest BCUT2D eigenvalue weighted by atomic mass is 19.1. The molecular formula is C15H23F2N3. The van der Waals surface area contributed by atoms with E-state index < -0.39 is 11.6 Å². The predicted octanol–water partition coefficient (Wildman–Crippen LogP) is 2.72. The fraction of sp³-hybridized carbons (Fsp3) is 0.533. The van der Waals surface area contributed by atoms with E-state index in [0.717, 1.165) is 25.1 Å². The Bertz CT molecular complexity index is 424. The van der Waals surface area contributed by atoms with Crippen LogP contribution >= 0.6 is 0 Å². The van der Waals surface area contributed by atoms with Crippen molar-refractivity contribution in [2.75, 3.05) is 19.6 Å². The van der Waals surface area contributed by atoms with Crippen molar-refractivity contribution in [3.8, 4) is 0 Å². The van der Waals surface area contributed by atoms with Gasteiger partial charge < -0.3 is 10.6 Å². The van der Waals surface area contributed by atoms with Gasteiger partial charge in [-0.15, -0.1) is 0 Å². The number of benzene rings is 1. The number of aliphatic imine (C=N–C) groups is 1. The van der Waals surface area contributed by atoms with Crippen LogP contribution in [0, 0.1) is 17.6 Å². The zero-order chi connectivity index (χ0) is 15.0. The molecule has 0 aliphatic rings. The molecule has 0 aliphatic carbocycles. The van der Waals surface area contributed by atoms with Crippen LogP contribution in [-0.4, -0.2) is 25.6 Å². The Labute approximate surface area is 119 Å². The normalized spacial score (nSPS) is 11.8. The van der Waals surface area contributed by atoms with E-state index in [2.05, 4.69) is 29.5 Å². The third kappa shape index (κ3) is 6.50. The molecule has 0 fully saturated rings. The van der Waals surface area contributed by atoms with Crippen LogP contribution in [0.5, 0.6) is 0 Å². The van der Waals surface area contributed by atoms with Gasteiger partial charge in [-0.05, 0) is 37.0 Å². The first-order valence-corrected chi connectivity index (χ1v) is 6.98. The second-order valence-electron chi connectivity index (χ2n) is 5.07. The molecule has 0 saturated heterocycles. The third-order valence-corrected chi connectivity index (χ3v) is 2.59. The van der Waals surface area contributed by atoms with Gasteiger partial charge in [0.1, 0.15) is 11.6 Å². The van der Waals surface area contributed by atoms with Crippen molar-refractivity contribution in [1.29, 1.82) is 0 Å². The lowest BCUT2D eigenvalue weighted by Crippen LogP contribution is -2.38. The highest BCUT2D eigenvalue weighted by Gasteiger charge is 2.02. The monoisotopic (exact) mass is 283 g/mol. The summed E-state index contributed by atoms with van der Waals surface area (Å²) in [5, 5.41) is 6.30. The predicted molar refractivity (Wildman–Crippen MR) is 78.9 cm³/mol. The van der Waals surface area contributed by atoms with Gasteiger partial charge >= 0.3 is 0 Å². The van der Waals surface area contributed by atoms with E-state index in [0.29, 0.717) is 24.4 Å². The van der Waals surface area contributed by atoms with Gasteiger partial charge in [-0.1, -0.05) is 13.8 Å². The van der Waals surface area contributed by atoms with Gasteiger partial charge in [0.05, 0.1) is 0 Å². The average Bonchev–Trinajstić information content (AvgIpc) is 2.34. The summed E-state index contributed by atoms with van der Waals surface area (Å²) in [6, 6.07) is 3.58. The summed E-state index contributed by atoms with van der Waals surface area (Å²) in [6.07, 6.45) is 0.542. The Kier molecular flexibility index (Phi) is 6.98. The van der Waals surface area contributed by atoms with Crippen LogP contribution in [0.2, 0.25) is 0 Å². The molecular weight excluding hydrogens is 260 g/mol. The first kappa shape index (κ1) is 16.4. The summed E-state index contributed by atoms with van der Waals surface area (Å²) in [7, 11) is 0. The first-order valence-electron chi connectivity index (χ1n) is 6.98. The molecule has 0 unspecified atom stereocenters. The molecule has 0 saturated carbocycles. The van der Waals surface area contributed by atoms with Gasteiger partial charge in [0.15, 0.2) is 5.96 Å². The van der Waals surface area contributed by atoms with E-state index in [1.54, 1.807) is 0 Å². The minimum atomic E-state index is -0.541. The summed E-state index contributed by atoms with van der Waals surface area (Å²) >= 11 is 0. The lowest BCUT2D eigenvalue weighted by atomic mass is 10.1. The quantitative estimate of drug-likeness (QED) is 0.622. The SMILES string of the molecule is CCNC(=NCC(C)C)NCCc1cc(F)cc(F)c1. The van der Waals surface area contributed by atoms with Crippen LogP contribution in [0.4, 0.5) is 8.78 Å². The zero-order valence-corrected chi connectivity index (χ0v) is 12.3. The molecule has 0 amide bonds. The van der Waals surface area contributed by atoms with Gasteiger partial charge in [-0.2, -0.15) is 0 Å². The maximum atomic E-state index is 13.0. The van der Waals surface area contributed by atoms with Gasteiger partial charge in [0.25, 0.3) is 0 Å². The molecule has 1 rings (SSSR count). The Hall–Kier alpha value is -1.65. The summed E-state index contributed by atoms with van der Waals surface area (Å²) in [5.41, 5.74) is 0.634. The molecule has 5 heteroatoms. The second-order valence-corrected chi connectivity index (χ2v) is 5.07. The molecule has 0 aliphatic heterocycles. The van der Waals surface area contributed by atoms with E-state index in [1.807, 2.05) is 6.92 Å². The van der Waals surface area contributed by atoms with Crippen LogP contribution in [0.25, 0.3) is 0 Å². The van der Waals surface area contributed by atoms with Crippen LogP contribution < -0.4 is 10.6 Å². The number of nitrogens with zero attached hydrogens (tertiary/aromatic N) is 1. The average molecular weight is 283 g/mol. The molecule has 0 atom stereocenters. The minimum Gasteiger partial charge on any atom is -0.357 e. The second kappa shape index (κ2) is 8.51. The maximum Gasteiger partial charge on any atom is 0.191 e. The molecule has 112 valence electrons. The molecule has 1 aromatic rings. The summed E-state index contributed by atoms with van der Waals surface area (Å²) < 4.78 is 26.1. The maximum absolute atomic E-state index is 13.0. The Morgan fingerprint density at radius 2 is 1.80 bits per heavy atom. The number of hydrogen-bond donors (Lipinski definition) is 2. The molecule has 20 heavy (non-hydrogen) atoms. The number of hydrogen-bond acceptors (Lipinski definition) is 1. The van der Waals surface area contributed by atoms with E-state index in [1.165, 1.54) is 12.1 Å². The highest BCUT2D eigenvalue weighted by molar-refractivity contribution is 5.79. The van der Waals surface area contributed by atoms with Crippen molar-refractivity contribution >= 4 is 5.96 Å². The van der Waals surface area contributed by atoms with Gasteiger partial charge in [-0.3, -0.25) is 4.99 Å². The van der Waals surface area contributed by atoms with Crippen molar-refractivity contribution in [3.63, 3.8) is 0 Å². The summed E-state index contributed by atoms with van der Waals surface area (Å²) in [4.78, 5) is 4.43. The number of nitrogens with one attached hydrogen (secondary N) is 2. The van der Waals surface area contributed by atoms with E-state index in [9.17, 15) is 8.78 Å². The fourth-order valence-electron chi connectivity index (χ4n) is 1.70. The van der Waals surface area contributed by atoms with Gasteiger partial charge in [0, 0.05) is 25.7 Å². The summed E-state index contributed by atoms with van der Waals surface area (Å²) in [6.45, 7) is 8.29. The van der Waals surface area contributed by atoms with Crippen molar-refractivity contribution < 1.29 is 8.78 Å². The van der Waals surface area contributed by atoms with E-state index >= 15 is 0 Å². The largest absolute Gasteiger partial charge is 0.357 e. The minimum absolute atomic E-state index is 0.489. The molecule has 0 spiro atoms. The van der Waals surface area contributed by atoms with Crippen LogP contribution in [0.15, 0.2) is 23.2 Å². The molecule has 3 nitrogen and oxygen atoms in total. The molecule has 1 aromatic carbocycles. The molecule has 0 bridgehead atoms. The fourth-order valence-corrected chi connectivity index (χ4v) is 1.70. The smallest absolute Gasteiger partial charge is 0.191 e. The van der Waals surface area contributed by atoms with Crippen molar-refractivity contribution in [2.24, 2.45) is 10.9 Å². The van der Waals surface area contributed by atoms with E-state index in [4.69, 9.17) is 0 Å². The van der Waals surface area contributed by atoms with Gasteiger partial charge in [-0.25, -0.2) is 8.78 Å². The van der Waals surface area contributed by atoms with Gasteiger partial charge in [0.2, 0.25) is 0 Å². The van der Waals surface area contributed by atoms with Crippen LogP contribution in [0.1, 0.15) is 26.3 Å². The summed E-state index contributed by atoms with van der Waals surface area (Å²) in [5.74, 6) is 0.140. The first-order chi connectivity index (χ1) is 9.51. The molecule has 2 N–H and O–H groups in total. The van der Waals surface area contributed by atoms with Crippen molar-refractivity contribution in [2.45, 2.75) is 27.2 Å². The Balaban J connectivity index is 2.49. The number of rotatable bonds is 6. The molecule has 0 aromatic heterocycles. The topological polar surface area (TPSA) is 36.4 Å². The van der Waals surface area contributed by atoms with Crippen LogP contribution in [0.3, 0.4) is 0 Å². The third-order valence-electron chi connectivity index (χ3n) is 2.59. The lowest BCUT2D eigenvalue weighted by Gasteiger charge is -2.12. The molecule has 0 heterocycles. The molecule has 0 radical (unpaired) electrons. The van der Waals surface area contributed by atoms with Crippen molar-refractivity contribution in [1.82, 2.24) is 10.6 Å². The zero-order valence-electron chi connectivity index (χ0n) is 12.3. The Morgan fingerprint density at radius 3 is 2.35 bits per heavy atom. The standard InChI is InChI=1S/C15H23F2N3/c1-4-18-15(20-10-11(2)3)19-6-5-12-7-13(16)9-14(17)8-12/h7-9,11H,4-6,10H2,1-3H3,(H2,18,19,20). The van der Waals surface area contributed by atoms with Crippen molar-refractivity contribution in [3.05, 3.63) is 35.4 Å². The van der Waals surface area contributed by atoms with E-state index in [-0.39, 0.29) is 0 Å².